The highest BCUT2D eigenvalue weighted by Gasteiger charge is 2.26. The van der Waals surface area contributed by atoms with Crippen LogP contribution in [0, 0.1) is 0 Å². The lowest BCUT2D eigenvalue weighted by atomic mass is 10.1. The summed E-state index contributed by atoms with van der Waals surface area (Å²) >= 11 is 0. The average Bonchev–Trinajstić information content (AvgIpc) is 3.32. The van der Waals surface area contributed by atoms with E-state index >= 15 is 0 Å². The molecule has 0 aliphatic carbocycles. The molecule has 2 aliphatic rings. The van der Waals surface area contributed by atoms with Gasteiger partial charge in [0.05, 0.1) is 11.7 Å². The Morgan fingerprint density at radius 3 is 3.00 bits per heavy atom. The molecular weight excluding hydrogens is 316 g/mol. The summed E-state index contributed by atoms with van der Waals surface area (Å²) in [5.74, 6) is 1.19. The van der Waals surface area contributed by atoms with Gasteiger partial charge in [0.15, 0.2) is 0 Å². The molecule has 4 heterocycles. The molecule has 0 bridgehead atoms. The molecule has 1 saturated heterocycles. The summed E-state index contributed by atoms with van der Waals surface area (Å²) < 4.78 is 0. The van der Waals surface area contributed by atoms with E-state index in [4.69, 9.17) is 4.98 Å². The van der Waals surface area contributed by atoms with Crippen LogP contribution in [0.15, 0.2) is 12.3 Å². The highest BCUT2D eigenvalue weighted by molar-refractivity contribution is 5.92. The molecule has 0 aromatic carbocycles. The van der Waals surface area contributed by atoms with Crippen molar-refractivity contribution >= 4 is 5.91 Å². The van der Waals surface area contributed by atoms with Crippen LogP contribution in [0.2, 0.25) is 0 Å². The highest BCUT2D eigenvalue weighted by atomic mass is 16.2. The first-order valence-electron chi connectivity index (χ1n) is 9.04. The fraction of sp³-hybridized carbons (Fsp3) is 0.556. The standard InChI is InChI=1S/C18H24N6O/c1-11(2)15-8-16(23-22-15)18(25)24-7-5-13-12(10-24)9-20-17(21-13)14-4-3-6-19-14/h8-9,11,14,19H,3-7,10H2,1-2H3,(H,22,23)/t14-/m0/s1. The van der Waals surface area contributed by atoms with E-state index in [1.54, 1.807) is 0 Å². The maximum atomic E-state index is 12.7. The predicted molar refractivity (Wildman–Crippen MR) is 93.1 cm³/mol. The number of nitrogens with one attached hydrogen (secondary N) is 2. The van der Waals surface area contributed by atoms with Crippen molar-refractivity contribution in [3.05, 3.63) is 40.7 Å². The maximum absolute atomic E-state index is 12.7. The largest absolute Gasteiger partial charge is 0.332 e. The molecule has 7 nitrogen and oxygen atoms in total. The number of aromatic nitrogens is 4. The van der Waals surface area contributed by atoms with Gasteiger partial charge in [0.2, 0.25) is 0 Å². The van der Waals surface area contributed by atoms with E-state index in [0.29, 0.717) is 24.7 Å². The number of carbonyl (C=O) groups is 1. The number of hydrogen-bond donors (Lipinski definition) is 2. The zero-order valence-corrected chi connectivity index (χ0v) is 14.7. The van der Waals surface area contributed by atoms with Crippen LogP contribution < -0.4 is 5.32 Å². The zero-order valence-electron chi connectivity index (χ0n) is 14.7. The average molecular weight is 340 g/mol. The summed E-state index contributed by atoms with van der Waals surface area (Å²) in [5, 5.41) is 10.6. The summed E-state index contributed by atoms with van der Waals surface area (Å²) in [4.78, 5) is 23.8. The molecule has 132 valence electrons. The third-order valence-corrected chi connectivity index (χ3v) is 5.05. The summed E-state index contributed by atoms with van der Waals surface area (Å²) in [6.45, 7) is 6.41. The lowest BCUT2D eigenvalue weighted by Gasteiger charge is -2.28. The molecule has 4 rings (SSSR count). The van der Waals surface area contributed by atoms with Crippen LogP contribution in [0.3, 0.4) is 0 Å². The molecule has 2 aromatic heterocycles. The van der Waals surface area contributed by atoms with Gasteiger partial charge in [-0.15, -0.1) is 0 Å². The Kier molecular flexibility index (Phi) is 4.25. The van der Waals surface area contributed by atoms with Crippen molar-refractivity contribution in [2.24, 2.45) is 0 Å². The van der Waals surface area contributed by atoms with Crippen LogP contribution in [-0.4, -0.2) is 44.1 Å². The molecule has 2 aromatic rings. The third-order valence-electron chi connectivity index (χ3n) is 5.05. The fourth-order valence-corrected chi connectivity index (χ4v) is 3.48. The lowest BCUT2D eigenvalue weighted by Crippen LogP contribution is -2.37. The van der Waals surface area contributed by atoms with Gasteiger partial charge in [0.25, 0.3) is 5.91 Å². The Bertz CT molecular complexity index is 778. The van der Waals surface area contributed by atoms with Gasteiger partial charge in [-0.05, 0) is 31.4 Å². The number of carbonyl (C=O) groups excluding carboxylic acids is 1. The third kappa shape index (κ3) is 3.16. The Hall–Kier alpha value is -2.28. The molecule has 0 radical (unpaired) electrons. The van der Waals surface area contributed by atoms with Crippen molar-refractivity contribution in [2.45, 2.75) is 51.6 Å². The van der Waals surface area contributed by atoms with Gasteiger partial charge in [-0.3, -0.25) is 9.89 Å². The fourth-order valence-electron chi connectivity index (χ4n) is 3.48. The molecule has 1 fully saturated rings. The quantitative estimate of drug-likeness (QED) is 0.892. The normalized spacial score (nSPS) is 20.1. The van der Waals surface area contributed by atoms with Gasteiger partial charge in [-0.25, -0.2) is 9.97 Å². The van der Waals surface area contributed by atoms with E-state index in [1.807, 2.05) is 17.2 Å². The van der Waals surface area contributed by atoms with Crippen molar-refractivity contribution in [2.75, 3.05) is 13.1 Å². The topological polar surface area (TPSA) is 86.8 Å². The van der Waals surface area contributed by atoms with E-state index in [-0.39, 0.29) is 11.9 Å². The highest BCUT2D eigenvalue weighted by Crippen LogP contribution is 2.24. The van der Waals surface area contributed by atoms with Crippen LogP contribution in [0.5, 0.6) is 0 Å². The second-order valence-corrected chi connectivity index (χ2v) is 7.19. The molecule has 0 saturated carbocycles. The van der Waals surface area contributed by atoms with E-state index in [9.17, 15) is 4.79 Å². The van der Waals surface area contributed by atoms with Crippen LogP contribution in [-0.2, 0) is 13.0 Å². The first kappa shape index (κ1) is 16.2. The SMILES string of the molecule is CC(C)c1cc(C(=O)N2CCc3nc([C@@H]4CCCN4)ncc3C2)n[nH]1. The monoisotopic (exact) mass is 340 g/mol. The predicted octanol–water partition coefficient (Wildman–Crippen LogP) is 1.95. The maximum Gasteiger partial charge on any atom is 0.274 e. The Morgan fingerprint density at radius 1 is 1.40 bits per heavy atom. The molecule has 7 heteroatoms. The number of H-pyrrole nitrogens is 1. The second-order valence-electron chi connectivity index (χ2n) is 7.19. The van der Waals surface area contributed by atoms with Gasteiger partial charge in [0, 0.05) is 37.0 Å². The number of amides is 1. The second kappa shape index (κ2) is 6.55. The van der Waals surface area contributed by atoms with Gasteiger partial charge in [-0.2, -0.15) is 5.10 Å². The minimum Gasteiger partial charge on any atom is -0.332 e. The van der Waals surface area contributed by atoms with Crippen molar-refractivity contribution < 1.29 is 4.79 Å². The summed E-state index contributed by atoms with van der Waals surface area (Å²) in [5.41, 5.74) is 3.59. The van der Waals surface area contributed by atoms with Gasteiger partial charge in [0.1, 0.15) is 11.5 Å². The van der Waals surface area contributed by atoms with E-state index < -0.39 is 0 Å². The molecule has 1 amide bonds. The van der Waals surface area contributed by atoms with Crippen molar-refractivity contribution in [3.63, 3.8) is 0 Å². The van der Waals surface area contributed by atoms with Crippen molar-refractivity contribution in [1.29, 1.82) is 0 Å². The molecule has 1 atom stereocenters. The van der Waals surface area contributed by atoms with Crippen LogP contribution in [0.4, 0.5) is 0 Å². The minimum atomic E-state index is -0.0321. The van der Waals surface area contributed by atoms with Crippen LogP contribution in [0.1, 0.15) is 71.9 Å². The molecule has 0 unspecified atom stereocenters. The molecule has 25 heavy (non-hydrogen) atoms. The van der Waals surface area contributed by atoms with Crippen molar-refractivity contribution in [1.82, 2.24) is 30.4 Å². The summed E-state index contributed by atoms with van der Waals surface area (Å²) in [7, 11) is 0. The van der Waals surface area contributed by atoms with E-state index in [0.717, 1.165) is 42.2 Å². The van der Waals surface area contributed by atoms with Crippen LogP contribution >= 0.6 is 0 Å². The van der Waals surface area contributed by atoms with E-state index in [2.05, 4.69) is 34.3 Å². The lowest BCUT2D eigenvalue weighted by molar-refractivity contribution is 0.0727. The molecule has 2 N–H and O–H groups in total. The summed E-state index contributed by atoms with van der Waals surface area (Å²) in [6.07, 6.45) is 4.93. The summed E-state index contributed by atoms with van der Waals surface area (Å²) in [6, 6.07) is 2.14. The number of rotatable bonds is 3. The van der Waals surface area contributed by atoms with Gasteiger partial charge < -0.3 is 10.2 Å². The van der Waals surface area contributed by atoms with Gasteiger partial charge >= 0.3 is 0 Å². The first-order valence-corrected chi connectivity index (χ1v) is 9.04. The number of aromatic amines is 1. The Balaban J connectivity index is 1.49. The zero-order chi connectivity index (χ0) is 17.4. The number of nitrogens with zero attached hydrogens (tertiary/aromatic N) is 4. The van der Waals surface area contributed by atoms with Gasteiger partial charge in [-0.1, -0.05) is 13.8 Å². The van der Waals surface area contributed by atoms with E-state index in [1.165, 1.54) is 6.42 Å². The first-order chi connectivity index (χ1) is 12.1. The smallest absolute Gasteiger partial charge is 0.274 e. The minimum absolute atomic E-state index is 0.0321. The van der Waals surface area contributed by atoms with Crippen molar-refractivity contribution in [3.8, 4) is 0 Å². The van der Waals surface area contributed by atoms with Crippen LogP contribution in [0.25, 0.3) is 0 Å². The number of fused-ring (bicyclic) bond motifs is 1. The molecular formula is C18H24N6O. The Labute approximate surface area is 147 Å². The Morgan fingerprint density at radius 2 is 2.28 bits per heavy atom. The molecule has 2 aliphatic heterocycles. The number of hydrogen-bond acceptors (Lipinski definition) is 5. The molecule has 0 spiro atoms.